The summed E-state index contributed by atoms with van der Waals surface area (Å²) in [5, 5.41) is 2.71. The van der Waals surface area contributed by atoms with Gasteiger partial charge in [0, 0.05) is 5.69 Å². The van der Waals surface area contributed by atoms with Crippen molar-refractivity contribution in [3.63, 3.8) is 0 Å². The van der Waals surface area contributed by atoms with Crippen LogP contribution in [-0.2, 0) is 14.8 Å². The Labute approximate surface area is 197 Å². The fourth-order valence-electron chi connectivity index (χ4n) is 3.20. The molecule has 0 aliphatic carbocycles. The number of halogens is 1. The predicted molar refractivity (Wildman–Crippen MR) is 129 cm³/mol. The summed E-state index contributed by atoms with van der Waals surface area (Å²) in [7, 11) is -4.11. The van der Waals surface area contributed by atoms with Crippen molar-refractivity contribution in [2.24, 2.45) is 0 Å². The zero-order valence-electron chi connectivity index (χ0n) is 18.0. The second-order valence-electron chi connectivity index (χ2n) is 7.29. The molecule has 4 aromatic carbocycles. The molecule has 0 spiro atoms. The third-order valence-electron chi connectivity index (χ3n) is 4.85. The first-order chi connectivity index (χ1) is 16.4. The molecule has 0 fully saturated rings. The van der Waals surface area contributed by atoms with E-state index >= 15 is 0 Å². The Kier molecular flexibility index (Phi) is 6.89. The van der Waals surface area contributed by atoms with E-state index in [1.807, 2.05) is 30.3 Å². The summed E-state index contributed by atoms with van der Waals surface area (Å²) in [6, 6.07) is 28.7. The van der Waals surface area contributed by atoms with Gasteiger partial charge in [-0.3, -0.25) is 9.10 Å². The van der Waals surface area contributed by atoms with Crippen LogP contribution in [0, 0.1) is 5.82 Å². The number of carbonyl (C=O) groups is 1. The summed E-state index contributed by atoms with van der Waals surface area (Å²) in [4.78, 5) is 12.7. The van der Waals surface area contributed by atoms with Crippen molar-refractivity contribution in [3.8, 4) is 11.5 Å². The first-order valence-electron chi connectivity index (χ1n) is 10.4. The normalized spacial score (nSPS) is 11.0. The third-order valence-corrected chi connectivity index (χ3v) is 6.64. The lowest BCUT2D eigenvalue weighted by molar-refractivity contribution is -0.114. The average Bonchev–Trinajstić information content (AvgIpc) is 2.85. The lowest BCUT2D eigenvalue weighted by Gasteiger charge is -2.24. The van der Waals surface area contributed by atoms with E-state index in [9.17, 15) is 17.6 Å². The first kappa shape index (κ1) is 23.0. The van der Waals surface area contributed by atoms with Crippen LogP contribution in [-0.4, -0.2) is 20.9 Å². The van der Waals surface area contributed by atoms with Gasteiger partial charge in [0.25, 0.3) is 10.0 Å². The number of nitrogens with zero attached hydrogens (tertiary/aromatic N) is 1. The number of ether oxygens (including phenoxy) is 1. The van der Waals surface area contributed by atoms with Crippen molar-refractivity contribution in [1.29, 1.82) is 0 Å². The Morgan fingerprint density at radius 2 is 1.32 bits per heavy atom. The maximum atomic E-state index is 13.3. The summed E-state index contributed by atoms with van der Waals surface area (Å²) in [5.41, 5.74) is 0.797. The Hall–Kier alpha value is -4.17. The lowest BCUT2D eigenvalue weighted by atomic mass is 10.3. The predicted octanol–water partition coefficient (Wildman–Crippen LogP) is 5.45. The van der Waals surface area contributed by atoms with Crippen LogP contribution in [0.2, 0.25) is 0 Å². The monoisotopic (exact) mass is 476 g/mol. The molecule has 0 aliphatic heterocycles. The van der Waals surface area contributed by atoms with Crippen LogP contribution in [0.25, 0.3) is 0 Å². The Bertz CT molecular complexity index is 1350. The van der Waals surface area contributed by atoms with Crippen molar-refractivity contribution >= 4 is 27.3 Å². The third kappa shape index (κ3) is 5.60. The van der Waals surface area contributed by atoms with Gasteiger partial charge >= 0.3 is 0 Å². The number of benzene rings is 4. The van der Waals surface area contributed by atoms with Gasteiger partial charge in [-0.2, -0.15) is 0 Å². The fourth-order valence-corrected chi connectivity index (χ4v) is 4.63. The Morgan fingerprint density at radius 1 is 0.765 bits per heavy atom. The molecule has 0 saturated carbocycles. The molecule has 1 amide bonds. The van der Waals surface area contributed by atoms with Crippen molar-refractivity contribution < 1.29 is 22.3 Å². The maximum Gasteiger partial charge on any atom is 0.264 e. The molecule has 6 nitrogen and oxygen atoms in total. The first-order valence-corrected chi connectivity index (χ1v) is 11.8. The van der Waals surface area contributed by atoms with Gasteiger partial charge < -0.3 is 10.1 Å². The fraction of sp³-hybridized carbons (Fsp3) is 0.0385. The summed E-state index contributed by atoms with van der Waals surface area (Å²) in [6.45, 7) is -0.466. The smallest absolute Gasteiger partial charge is 0.264 e. The minimum absolute atomic E-state index is 0.118. The van der Waals surface area contributed by atoms with Gasteiger partial charge in [-0.15, -0.1) is 0 Å². The molecule has 0 saturated heterocycles. The number of hydrogen-bond donors (Lipinski definition) is 1. The van der Waals surface area contributed by atoms with Crippen LogP contribution in [0.4, 0.5) is 15.8 Å². The number of para-hydroxylation sites is 2. The van der Waals surface area contributed by atoms with Gasteiger partial charge in [0.2, 0.25) is 5.91 Å². The zero-order chi connectivity index (χ0) is 24.0. The van der Waals surface area contributed by atoms with Gasteiger partial charge in [-0.05, 0) is 72.8 Å². The Morgan fingerprint density at radius 3 is 1.94 bits per heavy atom. The van der Waals surface area contributed by atoms with Crippen LogP contribution in [0.15, 0.2) is 114 Å². The van der Waals surface area contributed by atoms with E-state index in [1.165, 1.54) is 12.1 Å². The van der Waals surface area contributed by atoms with E-state index in [-0.39, 0.29) is 4.90 Å². The van der Waals surface area contributed by atoms with Gasteiger partial charge in [-0.25, -0.2) is 12.8 Å². The van der Waals surface area contributed by atoms with Crippen LogP contribution >= 0.6 is 0 Å². The maximum absolute atomic E-state index is 13.3. The highest BCUT2D eigenvalue weighted by Gasteiger charge is 2.27. The van der Waals surface area contributed by atoms with E-state index in [2.05, 4.69) is 5.32 Å². The van der Waals surface area contributed by atoms with E-state index < -0.39 is 28.3 Å². The van der Waals surface area contributed by atoms with Gasteiger partial charge in [-0.1, -0.05) is 36.4 Å². The number of rotatable bonds is 8. The van der Waals surface area contributed by atoms with E-state index in [4.69, 9.17) is 4.74 Å². The minimum atomic E-state index is -4.11. The lowest BCUT2D eigenvalue weighted by Crippen LogP contribution is -2.38. The highest BCUT2D eigenvalue weighted by atomic mass is 32.2. The van der Waals surface area contributed by atoms with Crippen LogP contribution < -0.4 is 14.4 Å². The second-order valence-corrected chi connectivity index (χ2v) is 9.15. The molecular formula is C26H21FN2O4S. The number of sulfonamides is 1. The van der Waals surface area contributed by atoms with E-state index in [1.54, 1.807) is 54.6 Å². The van der Waals surface area contributed by atoms with Crippen molar-refractivity contribution in [2.75, 3.05) is 16.2 Å². The summed E-state index contributed by atoms with van der Waals surface area (Å²) in [6.07, 6.45) is 0. The van der Waals surface area contributed by atoms with E-state index in [0.29, 0.717) is 22.9 Å². The molecule has 1 N–H and O–H groups in total. The second kappa shape index (κ2) is 10.2. The molecule has 0 unspecified atom stereocenters. The van der Waals surface area contributed by atoms with Crippen molar-refractivity contribution in [2.45, 2.75) is 4.90 Å². The summed E-state index contributed by atoms with van der Waals surface area (Å²) >= 11 is 0. The molecule has 0 aliphatic rings. The standard InChI is InChI=1S/C26H21FN2O4S/c27-20-11-17-25(18-12-20)34(31,32)29(22-7-3-1-4-8-22)19-26(30)28-21-13-15-24(16-14-21)33-23-9-5-2-6-10-23/h1-18H,19H2,(H,28,30). The van der Waals surface area contributed by atoms with E-state index in [0.717, 1.165) is 16.4 Å². The summed E-state index contributed by atoms with van der Waals surface area (Å²) in [5.74, 6) is 0.187. The molecule has 0 heterocycles. The summed E-state index contributed by atoms with van der Waals surface area (Å²) < 4.78 is 46.6. The number of anilines is 2. The number of nitrogens with one attached hydrogen (secondary N) is 1. The minimum Gasteiger partial charge on any atom is -0.457 e. The topological polar surface area (TPSA) is 75.7 Å². The van der Waals surface area contributed by atoms with Crippen LogP contribution in [0.5, 0.6) is 11.5 Å². The molecule has 0 bridgehead atoms. The highest BCUT2D eigenvalue weighted by Crippen LogP contribution is 2.25. The number of amides is 1. The van der Waals surface area contributed by atoms with Crippen molar-refractivity contribution in [1.82, 2.24) is 0 Å². The molecular weight excluding hydrogens is 455 g/mol. The molecule has 34 heavy (non-hydrogen) atoms. The molecule has 0 aromatic heterocycles. The Balaban J connectivity index is 1.50. The zero-order valence-corrected chi connectivity index (χ0v) is 18.8. The van der Waals surface area contributed by atoms with Crippen LogP contribution in [0.1, 0.15) is 0 Å². The van der Waals surface area contributed by atoms with Crippen LogP contribution in [0.3, 0.4) is 0 Å². The molecule has 0 radical (unpaired) electrons. The molecule has 8 heteroatoms. The molecule has 0 atom stereocenters. The number of carbonyl (C=O) groups excluding carboxylic acids is 1. The highest BCUT2D eigenvalue weighted by molar-refractivity contribution is 7.92. The largest absolute Gasteiger partial charge is 0.457 e. The SMILES string of the molecule is O=C(CN(c1ccccc1)S(=O)(=O)c1ccc(F)cc1)Nc1ccc(Oc2ccccc2)cc1. The number of hydrogen-bond acceptors (Lipinski definition) is 4. The van der Waals surface area contributed by atoms with Gasteiger partial charge in [0.05, 0.1) is 10.6 Å². The quantitative estimate of drug-likeness (QED) is 0.367. The van der Waals surface area contributed by atoms with Gasteiger partial charge in [0.15, 0.2) is 0 Å². The molecule has 4 aromatic rings. The molecule has 4 rings (SSSR count). The van der Waals surface area contributed by atoms with Crippen molar-refractivity contribution in [3.05, 3.63) is 115 Å². The average molecular weight is 477 g/mol. The molecule has 172 valence electrons. The van der Waals surface area contributed by atoms with Gasteiger partial charge in [0.1, 0.15) is 23.9 Å².